The standard InChI is InChI=1S/C27H32N6O3/c1-31(17-34)11-12-32(2)23-14-20(25-26(29-15-28-25)24(23)27(35)36-3)18-9-10-22-21(13-18)30-16-33(22)19-7-5-4-6-8-19/h9-10,13-17,19H,4-8,11-12H2,1-3H3,(H,28,29). The minimum Gasteiger partial charge on any atom is -0.465 e. The number of hydrogen-bond donors (Lipinski definition) is 1. The number of aromatic amines is 1. The first kappa shape index (κ1) is 23.8. The molecule has 2 heterocycles. The number of benzene rings is 2. The van der Waals surface area contributed by atoms with Gasteiger partial charge in [0.15, 0.2) is 0 Å². The van der Waals surface area contributed by atoms with Crippen LogP contribution in [-0.4, -0.2) is 71.1 Å². The second-order valence-corrected chi connectivity index (χ2v) is 9.59. The molecule has 0 bridgehead atoms. The highest BCUT2D eigenvalue weighted by atomic mass is 16.5. The Hall–Kier alpha value is -3.88. The van der Waals surface area contributed by atoms with Gasteiger partial charge in [-0.2, -0.15) is 0 Å². The van der Waals surface area contributed by atoms with E-state index in [0.29, 0.717) is 41.4 Å². The minimum absolute atomic E-state index is 0.424. The zero-order valence-corrected chi connectivity index (χ0v) is 21.0. The number of carbonyl (C=O) groups excluding carboxylic acids is 2. The van der Waals surface area contributed by atoms with Gasteiger partial charge in [0.25, 0.3) is 0 Å². The fourth-order valence-electron chi connectivity index (χ4n) is 5.25. The monoisotopic (exact) mass is 488 g/mol. The summed E-state index contributed by atoms with van der Waals surface area (Å²) in [4.78, 5) is 39.9. The van der Waals surface area contributed by atoms with Crippen molar-refractivity contribution in [3.63, 3.8) is 0 Å². The Labute approximate surface area is 210 Å². The highest BCUT2D eigenvalue weighted by molar-refractivity contribution is 6.11. The predicted molar refractivity (Wildman–Crippen MR) is 140 cm³/mol. The molecule has 4 aromatic rings. The van der Waals surface area contributed by atoms with Crippen LogP contribution in [0.25, 0.3) is 33.2 Å². The van der Waals surface area contributed by atoms with E-state index in [1.165, 1.54) is 39.2 Å². The molecule has 1 fully saturated rings. The third-order valence-corrected chi connectivity index (χ3v) is 7.30. The van der Waals surface area contributed by atoms with Gasteiger partial charge in [-0.05, 0) is 36.6 Å². The van der Waals surface area contributed by atoms with E-state index in [0.717, 1.165) is 28.6 Å². The Kier molecular flexibility index (Phi) is 6.63. The molecular weight excluding hydrogens is 456 g/mol. The number of likely N-dealkylation sites (N-methyl/N-ethyl adjacent to an activating group) is 2. The van der Waals surface area contributed by atoms with E-state index >= 15 is 0 Å². The molecule has 0 unspecified atom stereocenters. The summed E-state index contributed by atoms with van der Waals surface area (Å²) in [6.45, 7) is 1.06. The Morgan fingerprint density at radius 3 is 2.72 bits per heavy atom. The van der Waals surface area contributed by atoms with Crippen molar-refractivity contribution in [1.82, 2.24) is 24.4 Å². The Balaban J connectivity index is 1.60. The average molecular weight is 489 g/mol. The Bertz CT molecular complexity index is 1400. The maximum atomic E-state index is 12.8. The molecule has 36 heavy (non-hydrogen) atoms. The molecule has 1 N–H and O–H groups in total. The van der Waals surface area contributed by atoms with E-state index in [1.54, 1.807) is 18.3 Å². The molecule has 0 spiro atoms. The summed E-state index contributed by atoms with van der Waals surface area (Å²) in [6, 6.07) is 8.84. The van der Waals surface area contributed by atoms with Crippen molar-refractivity contribution in [2.45, 2.75) is 38.1 Å². The zero-order chi connectivity index (χ0) is 25.2. The molecule has 9 nitrogen and oxygen atoms in total. The lowest BCUT2D eigenvalue weighted by molar-refractivity contribution is -0.116. The zero-order valence-electron chi connectivity index (χ0n) is 21.0. The number of amides is 1. The number of ether oxygens (including phenoxy) is 1. The molecule has 5 rings (SSSR count). The average Bonchev–Trinajstić information content (AvgIpc) is 3.57. The lowest BCUT2D eigenvalue weighted by atomic mass is 9.95. The lowest BCUT2D eigenvalue weighted by Gasteiger charge is -2.25. The summed E-state index contributed by atoms with van der Waals surface area (Å²) < 4.78 is 7.45. The van der Waals surface area contributed by atoms with Crippen LogP contribution in [0.2, 0.25) is 0 Å². The highest BCUT2D eigenvalue weighted by Crippen LogP contribution is 2.38. The fourth-order valence-corrected chi connectivity index (χ4v) is 5.25. The van der Waals surface area contributed by atoms with E-state index < -0.39 is 5.97 Å². The number of esters is 1. The molecule has 0 aliphatic heterocycles. The fraction of sp³-hybridized carbons (Fsp3) is 0.407. The van der Waals surface area contributed by atoms with Crippen molar-refractivity contribution in [2.75, 3.05) is 39.2 Å². The third-order valence-electron chi connectivity index (χ3n) is 7.30. The van der Waals surface area contributed by atoms with Crippen molar-refractivity contribution >= 4 is 40.1 Å². The number of hydrogen-bond acceptors (Lipinski definition) is 6. The van der Waals surface area contributed by atoms with Gasteiger partial charge in [0.2, 0.25) is 6.41 Å². The van der Waals surface area contributed by atoms with E-state index in [9.17, 15) is 9.59 Å². The number of aromatic nitrogens is 4. The minimum atomic E-state index is -0.442. The summed E-state index contributed by atoms with van der Waals surface area (Å²) >= 11 is 0. The van der Waals surface area contributed by atoms with Crippen LogP contribution in [0.3, 0.4) is 0 Å². The van der Waals surface area contributed by atoms with Gasteiger partial charge in [0, 0.05) is 38.8 Å². The SMILES string of the molecule is COC(=O)c1c(N(C)CCN(C)C=O)cc(-c2ccc3c(c2)ncn3C2CCCCC2)c2nc[nH]c12. The van der Waals surface area contributed by atoms with Crippen LogP contribution >= 0.6 is 0 Å². The number of rotatable bonds is 8. The first-order valence-corrected chi connectivity index (χ1v) is 12.4. The number of nitrogens with zero attached hydrogens (tertiary/aromatic N) is 5. The molecular formula is C27H32N6O3. The van der Waals surface area contributed by atoms with Crippen LogP contribution in [0.15, 0.2) is 36.9 Å². The Morgan fingerprint density at radius 1 is 1.17 bits per heavy atom. The number of methoxy groups -OCH3 is 1. The largest absolute Gasteiger partial charge is 0.465 e. The first-order chi connectivity index (χ1) is 17.5. The molecule has 1 amide bonds. The quantitative estimate of drug-likeness (QED) is 0.292. The topological polar surface area (TPSA) is 96.3 Å². The van der Waals surface area contributed by atoms with Crippen LogP contribution in [0.4, 0.5) is 5.69 Å². The number of imidazole rings is 2. The van der Waals surface area contributed by atoms with Gasteiger partial charge >= 0.3 is 5.97 Å². The normalized spacial score (nSPS) is 14.3. The van der Waals surface area contributed by atoms with Gasteiger partial charge in [-0.15, -0.1) is 0 Å². The van der Waals surface area contributed by atoms with Crippen molar-refractivity contribution < 1.29 is 14.3 Å². The number of anilines is 1. The summed E-state index contributed by atoms with van der Waals surface area (Å²) in [5.41, 5.74) is 6.42. The molecule has 1 saturated carbocycles. The summed E-state index contributed by atoms with van der Waals surface area (Å²) in [6.07, 6.45) is 10.6. The number of nitrogens with one attached hydrogen (secondary N) is 1. The molecule has 9 heteroatoms. The molecule has 2 aromatic carbocycles. The van der Waals surface area contributed by atoms with Crippen LogP contribution < -0.4 is 4.90 Å². The van der Waals surface area contributed by atoms with Crippen LogP contribution in [0, 0.1) is 0 Å². The summed E-state index contributed by atoms with van der Waals surface area (Å²) in [7, 11) is 5.01. The van der Waals surface area contributed by atoms with Gasteiger partial charge in [-0.25, -0.2) is 14.8 Å². The molecule has 188 valence electrons. The smallest absolute Gasteiger partial charge is 0.342 e. The van der Waals surface area contributed by atoms with E-state index in [-0.39, 0.29) is 0 Å². The Morgan fingerprint density at radius 2 is 1.97 bits per heavy atom. The maximum absolute atomic E-state index is 12.8. The van der Waals surface area contributed by atoms with Gasteiger partial charge in [-0.3, -0.25) is 4.79 Å². The maximum Gasteiger partial charge on any atom is 0.342 e. The van der Waals surface area contributed by atoms with Crippen LogP contribution in [-0.2, 0) is 9.53 Å². The molecule has 1 aliphatic carbocycles. The van der Waals surface area contributed by atoms with E-state index in [2.05, 4.69) is 32.7 Å². The number of H-pyrrole nitrogens is 1. The van der Waals surface area contributed by atoms with Crippen molar-refractivity contribution in [3.8, 4) is 11.1 Å². The van der Waals surface area contributed by atoms with Gasteiger partial charge in [0.05, 0.1) is 47.5 Å². The lowest BCUT2D eigenvalue weighted by Crippen LogP contribution is -2.31. The highest BCUT2D eigenvalue weighted by Gasteiger charge is 2.24. The van der Waals surface area contributed by atoms with Gasteiger partial charge in [0.1, 0.15) is 5.56 Å². The van der Waals surface area contributed by atoms with Crippen LogP contribution in [0.5, 0.6) is 0 Å². The first-order valence-electron chi connectivity index (χ1n) is 12.4. The summed E-state index contributed by atoms with van der Waals surface area (Å²) in [5.74, 6) is -0.442. The van der Waals surface area contributed by atoms with E-state index in [4.69, 9.17) is 9.72 Å². The summed E-state index contributed by atoms with van der Waals surface area (Å²) in [5, 5.41) is 0. The number of fused-ring (bicyclic) bond motifs is 2. The third kappa shape index (κ3) is 4.29. The van der Waals surface area contributed by atoms with Gasteiger partial charge < -0.3 is 24.1 Å². The molecule has 0 radical (unpaired) electrons. The molecule has 0 atom stereocenters. The van der Waals surface area contributed by atoms with Crippen LogP contribution in [0.1, 0.15) is 48.5 Å². The second kappa shape index (κ2) is 10.0. The predicted octanol–water partition coefficient (Wildman–Crippen LogP) is 4.40. The van der Waals surface area contributed by atoms with Crippen molar-refractivity contribution in [2.24, 2.45) is 0 Å². The van der Waals surface area contributed by atoms with E-state index in [1.807, 2.05) is 24.3 Å². The molecule has 0 saturated heterocycles. The van der Waals surface area contributed by atoms with Gasteiger partial charge in [-0.1, -0.05) is 25.3 Å². The molecule has 2 aromatic heterocycles. The van der Waals surface area contributed by atoms with Crippen molar-refractivity contribution in [1.29, 1.82) is 0 Å². The number of carbonyl (C=O) groups is 2. The molecule has 1 aliphatic rings. The second-order valence-electron chi connectivity index (χ2n) is 9.59. The van der Waals surface area contributed by atoms with Crippen molar-refractivity contribution in [3.05, 3.63) is 42.5 Å².